The van der Waals surface area contributed by atoms with Crippen LogP contribution >= 0.6 is 15.9 Å². The van der Waals surface area contributed by atoms with Gasteiger partial charge in [-0.3, -0.25) is 33.6 Å². The number of aliphatic carboxylic acids is 2. The predicted molar refractivity (Wildman–Crippen MR) is 328 cm³/mol. The molecule has 0 saturated carbocycles. The summed E-state index contributed by atoms with van der Waals surface area (Å²) in [6.45, 7) is 14.5. The summed E-state index contributed by atoms with van der Waals surface area (Å²) in [5, 5.41) is 20.4. The SMILES string of the molecule is CC(=O)C(C)(CCCCBr)c1ccccc1.CC(=O)C(C)(CCCCC(=O)CCCCC(C)(C(C)=O)c1ccccc1)c1ccccc1.CC(CCCCC(=O)CCCCC(C)(C(=O)O)c1ccccc1)(C(=O)O)c1ccccc1. The van der Waals surface area contributed by atoms with Crippen molar-refractivity contribution >= 4 is 56.8 Å². The maximum absolute atomic E-state index is 12.4. The molecule has 432 valence electrons. The number of ketones is 5. The summed E-state index contributed by atoms with van der Waals surface area (Å²) in [5.41, 5.74) is 1.58. The summed E-state index contributed by atoms with van der Waals surface area (Å²) < 4.78 is 0. The highest BCUT2D eigenvalue weighted by Crippen LogP contribution is 2.35. The molecule has 0 amide bonds. The number of unbranched alkanes of at least 4 members (excludes halogenated alkanes) is 5. The van der Waals surface area contributed by atoms with Crippen molar-refractivity contribution < 1.29 is 43.8 Å². The van der Waals surface area contributed by atoms with Gasteiger partial charge in [-0.1, -0.05) is 200 Å². The predicted octanol–water partition coefficient (Wildman–Crippen LogP) is 16.6. The van der Waals surface area contributed by atoms with Crippen LogP contribution in [0.25, 0.3) is 0 Å². The molecule has 0 saturated heterocycles. The van der Waals surface area contributed by atoms with Crippen molar-refractivity contribution in [2.24, 2.45) is 0 Å². The van der Waals surface area contributed by atoms with Gasteiger partial charge in [0.15, 0.2) is 0 Å². The molecule has 5 rings (SSSR count). The van der Waals surface area contributed by atoms with Gasteiger partial charge in [0.2, 0.25) is 0 Å². The highest BCUT2D eigenvalue weighted by atomic mass is 79.9. The monoisotopic (exact) mass is 1150 g/mol. The lowest BCUT2D eigenvalue weighted by molar-refractivity contribution is -0.144. The zero-order chi connectivity index (χ0) is 59.2. The molecule has 0 aliphatic rings. The quantitative estimate of drug-likeness (QED) is 0.0302. The first kappa shape index (κ1) is 68.1. The van der Waals surface area contributed by atoms with Crippen LogP contribution in [0.4, 0.5) is 0 Å². The lowest BCUT2D eigenvalue weighted by atomic mass is 9.75. The summed E-state index contributed by atoms with van der Waals surface area (Å²) in [6.07, 6.45) is 13.6. The molecule has 2 N–H and O–H groups in total. The number of carbonyl (C=O) groups is 7. The number of carbonyl (C=O) groups excluding carboxylic acids is 5. The summed E-state index contributed by atoms with van der Waals surface area (Å²) in [7, 11) is 0. The van der Waals surface area contributed by atoms with Crippen molar-refractivity contribution in [3.63, 3.8) is 0 Å². The van der Waals surface area contributed by atoms with Crippen molar-refractivity contribution in [3.05, 3.63) is 179 Å². The molecule has 5 unspecified atom stereocenters. The average molecular weight is 1160 g/mol. The second-order valence-electron chi connectivity index (χ2n) is 22.8. The number of carboxylic acid groups (broad SMARTS) is 2. The molecule has 80 heavy (non-hydrogen) atoms. The Morgan fingerprint density at radius 3 is 0.688 bits per heavy atom. The first-order valence-electron chi connectivity index (χ1n) is 28.9. The molecular formula is C70H91BrO9. The summed E-state index contributed by atoms with van der Waals surface area (Å²) in [4.78, 5) is 84.8. The van der Waals surface area contributed by atoms with Gasteiger partial charge in [-0.2, -0.15) is 0 Å². The van der Waals surface area contributed by atoms with Gasteiger partial charge in [-0.15, -0.1) is 0 Å². The van der Waals surface area contributed by atoms with Gasteiger partial charge in [0, 0.05) is 31.0 Å². The smallest absolute Gasteiger partial charge is 0.313 e. The van der Waals surface area contributed by atoms with Crippen LogP contribution in [0.1, 0.15) is 205 Å². The van der Waals surface area contributed by atoms with E-state index in [0.717, 1.165) is 90.9 Å². The lowest BCUT2D eigenvalue weighted by Crippen LogP contribution is -2.32. The minimum Gasteiger partial charge on any atom is -0.481 e. The fraction of sp³-hybridized carbons (Fsp3) is 0.471. The molecule has 0 bridgehead atoms. The van der Waals surface area contributed by atoms with Crippen LogP contribution in [0.5, 0.6) is 0 Å². The number of rotatable bonds is 34. The molecule has 0 fully saturated rings. The number of hydrogen-bond acceptors (Lipinski definition) is 7. The van der Waals surface area contributed by atoms with E-state index in [-0.39, 0.29) is 34.3 Å². The highest BCUT2D eigenvalue weighted by Gasteiger charge is 2.37. The van der Waals surface area contributed by atoms with Crippen molar-refractivity contribution in [3.8, 4) is 0 Å². The van der Waals surface area contributed by atoms with Crippen molar-refractivity contribution in [2.75, 3.05) is 5.33 Å². The number of benzene rings is 5. The molecule has 0 aromatic heterocycles. The maximum Gasteiger partial charge on any atom is 0.313 e. The molecule has 0 spiro atoms. The van der Waals surface area contributed by atoms with E-state index in [0.29, 0.717) is 64.2 Å². The first-order valence-corrected chi connectivity index (χ1v) is 30.0. The normalized spacial score (nSPS) is 14.8. The minimum absolute atomic E-state index is 0.151. The highest BCUT2D eigenvalue weighted by molar-refractivity contribution is 9.09. The Hall–Kier alpha value is -6.13. The average Bonchev–Trinajstić information content (AvgIpc) is 3.46. The van der Waals surface area contributed by atoms with E-state index in [1.807, 2.05) is 153 Å². The van der Waals surface area contributed by atoms with Crippen LogP contribution < -0.4 is 0 Å². The minimum atomic E-state index is -0.955. The van der Waals surface area contributed by atoms with Gasteiger partial charge in [0.25, 0.3) is 0 Å². The Kier molecular flexibility index (Phi) is 29.2. The second kappa shape index (κ2) is 34.2. The van der Waals surface area contributed by atoms with Crippen LogP contribution in [0.15, 0.2) is 152 Å². The summed E-state index contributed by atoms with van der Waals surface area (Å²) >= 11 is 3.43. The molecule has 5 atom stereocenters. The van der Waals surface area contributed by atoms with Gasteiger partial charge in [0.05, 0.1) is 27.1 Å². The number of halogens is 1. The van der Waals surface area contributed by atoms with Gasteiger partial charge in [-0.25, -0.2) is 0 Å². The third-order valence-corrected chi connectivity index (χ3v) is 17.5. The number of carboxylic acids is 2. The standard InChI is InChI=1S/C29H38O3.C27H34O5.C14H19BrO/c1-23(30)28(3,25-15-7-5-8-16-25)21-13-11-19-27(32)20-12-14-22-29(4,24(2)31)26-17-9-6-10-18-26;1-26(24(29)30,21-13-5-3-6-14-21)19-11-9-17-23(28)18-10-12-20-27(2,25(31)32)22-15-7-4-8-16-22;1-12(16)14(2,10-6-7-11-15)13-8-4-3-5-9-13/h5-10,15-18H,11-14,19-22H2,1-4H3;3-8,13-16H,9-12,17-20H2,1-2H3,(H,29,30)(H,31,32);3-5,8-9H,6-7,10-11H2,1-2H3. The molecule has 5 aromatic rings. The Bertz CT molecular complexity index is 2380. The van der Waals surface area contributed by atoms with E-state index >= 15 is 0 Å². The molecule has 0 aliphatic heterocycles. The van der Waals surface area contributed by atoms with Crippen LogP contribution in [-0.2, 0) is 60.6 Å². The van der Waals surface area contributed by atoms with Crippen molar-refractivity contribution in [2.45, 2.75) is 204 Å². The summed E-state index contributed by atoms with van der Waals surface area (Å²) in [6, 6.07) is 48.3. The third-order valence-electron chi connectivity index (χ3n) is 16.9. The molecule has 5 aromatic carbocycles. The number of Topliss-reactive ketones (excluding diaryl/α,β-unsaturated/α-hetero) is 5. The Labute approximate surface area is 487 Å². The Morgan fingerprint density at radius 2 is 0.500 bits per heavy atom. The number of hydrogen-bond donors (Lipinski definition) is 2. The second-order valence-corrected chi connectivity index (χ2v) is 23.6. The summed E-state index contributed by atoms with van der Waals surface area (Å²) in [5.74, 6) is -0.681. The Balaban J connectivity index is 0.000000333. The van der Waals surface area contributed by atoms with E-state index in [1.54, 1.807) is 34.6 Å². The first-order chi connectivity index (χ1) is 38.0. The van der Waals surface area contributed by atoms with E-state index in [9.17, 15) is 43.8 Å². The zero-order valence-electron chi connectivity index (χ0n) is 49.2. The van der Waals surface area contributed by atoms with E-state index < -0.39 is 33.6 Å². The van der Waals surface area contributed by atoms with Crippen LogP contribution in [0.3, 0.4) is 0 Å². The van der Waals surface area contributed by atoms with Gasteiger partial charge < -0.3 is 10.2 Å². The molecule has 0 radical (unpaired) electrons. The van der Waals surface area contributed by atoms with Crippen LogP contribution in [0, 0.1) is 0 Å². The van der Waals surface area contributed by atoms with Gasteiger partial charge in [-0.05, 0) is 147 Å². The van der Waals surface area contributed by atoms with Crippen molar-refractivity contribution in [1.29, 1.82) is 0 Å². The molecular weight excluding hydrogens is 1060 g/mol. The fourth-order valence-electron chi connectivity index (χ4n) is 10.4. The van der Waals surface area contributed by atoms with Crippen LogP contribution in [-0.4, -0.2) is 56.4 Å². The molecule has 0 heterocycles. The Morgan fingerprint density at radius 1 is 0.312 bits per heavy atom. The van der Waals surface area contributed by atoms with Crippen LogP contribution in [0.2, 0.25) is 0 Å². The van der Waals surface area contributed by atoms with Gasteiger partial charge in [0.1, 0.15) is 28.9 Å². The largest absolute Gasteiger partial charge is 0.481 e. The maximum atomic E-state index is 12.4. The van der Waals surface area contributed by atoms with Gasteiger partial charge >= 0.3 is 11.9 Å². The van der Waals surface area contributed by atoms with E-state index in [4.69, 9.17) is 0 Å². The molecule has 9 nitrogen and oxygen atoms in total. The van der Waals surface area contributed by atoms with E-state index in [2.05, 4.69) is 35.0 Å². The topological polar surface area (TPSA) is 160 Å². The third kappa shape index (κ3) is 20.8. The fourth-order valence-corrected chi connectivity index (χ4v) is 10.8. The van der Waals surface area contributed by atoms with E-state index in [1.165, 1.54) is 0 Å². The van der Waals surface area contributed by atoms with Crippen molar-refractivity contribution in [1.82, 2.24) is 0 Å². The zero-order valence-corrected chi connectivity index (χ0v) is 50.8. The molecule has 10 heteroatoms. The lowest BCUT2D eigenvalue weighted by Gasteiger charge is -2.27. The number of alkyl halides is 1. The molecule has 0 aliphatic carbocycles.